The molecule has 3 N–H and O–H groups in total. The van der Waals surface area contributed by atoms with Crippen LogP contribution in [0.3, 0.4) is 0 Å². The van der Waals surface area contributed by atoms with Gasteiger partial charge in [0, 0.05) is 0 Å². The molecule has 0 aromatic carbocycles. The first-order valence-electron chi connectivity index (χ1n) is 5.18. The van der Waals surface area contributed by atoms with Crippen molar-refractivity contribution in [3.05, 3.63) is 0 Å². The molecule has 92 valence electrons. The molecular weight excluding hydrogens is 218 g/mol. The fourth-order valence-corrected chi connectivity index (χ4v) is 2.83. The van der Waals surface area contributed by atoms with E-state index in [2.05, 4.69) is 4.72 Å². The second-order valence-corrected chi connectivity index (χ2v) is 5.57. The summed E-state index contributed by atoms with van der Waals surface area (Å²) in [7, 11) is -3.41. The summed E-state index contributed by atoms with van der Waals surface area (Å²) < 4.78 is 25.5. The van der Waals surface area contributed by atoms with Gasteiger partial charge in [-0.15, -0.1) is 0 Å². The molecule has 0 fully saturated rings. The number of hydrogen-bond donors (Lipinski definition) is 3. The van der Waals surface area contributed by atoms with E-state index in [1.54, 1.807) is 6.92 Å². The largest absolute Gasteiger partial charge is 0.394 e. The fourth-order valence-electron chi connectivity index (χ4n) is 1.13. The van der Waals surface area contributed by atoms with E-state index < -0.39 is 28.8 Å². The highest BCUT2D eigenvalue weighted by Gasteiger charge is 2.31. The van der Waals surface area contributed by atoms with E-state index in [-0.39, 0.29) is 5.75 Å². The molecule has 0 aromatic rings. The predicted octanol–water partition coefficient (Wildman–Crippen LogP) is -0.161. The zero-order valence-electron chi connectivity index (χ0n) is 9.36. The molecule has 15 heavy (non-hydrogen) atoms. The van der Waals surface area contributed by atoms with Gasteiger partial charge in [0.15, 0.2) is 0 Å². The van der Waals surface area contributed by atoms with Crippen LogP contribution < -0.4 is 4.72 Å². The molecule has 0 bridgehead atoms. The second-order valence-electron chi connectivity index (χ2n) is 3.72. The van der Waals surface area contributed by atoms with Gasteiger partial charge in [-0.05, 0) is 12.8 Å². The first-order valence-corrected chi connectivity index (χ1v) is 6.84. The van der Waals surface area contributed by atoms with Gasteiger partial charge >= 0.3 is 0 Å². The zero-order valence-corrected chi connectivity index (χ0v) is 10.2. The Morgan fingerprint density at radius 2 is 1.73 bits per heavy atom. The molecule has 0 amide bonds. The minimum absolute atomic E-state index is 0.0330. The van der Waals surface area contributed by atoms with E-state index in [0.29, 0.717) is 12.8 Å². The summed E-state index contributed by atoms with van der Waals surface area (Å²) >= 11 is 0. The normalized spacial score (nSPS) is 13.1. The Hall–Kier alpha value is -0.170. The van der Waals surface area contributed by atoms with Gasteiger partial charge in [-0.3, -0.25) is 0 Å². The maximum absolute atomic E-state index is 11.5. The fraction of sp³-hybridized carbons (Fsp3) is 1.00. The molecule has 0 aliphatic rings. The average molecular weight is 239 g/mol. The molecule has 0 rings (SSSR count). The lowest BCUT2D eigenvalue weighted by Gasteiger charge is -2.29. The third kappa shape index (κ3) is 4.92. The minimum atomic E-state index is -3.41. The van der Waals surface area contributed by atoms with Crippen LogP contribution >= 0.6 is 0 Å². The third-order valence-corrected chi connectivity index (χ3v) is 3.99. The highest BCUT2D eigenvalue weighted by molar-refractivity contribution is 7.89. The summed E-state index contributed by atoms with van der Waals surface area (Å²) in [6, 6.07) is 0. The van der Waals surface area contributed by atoms with Gasteiger partial charge in [-0.1, -0.05) is 20.3 Å². The lowest BCUT2D eigenvalue weighted by molar-refractivity contribution is 0.105. The quantitative estimate of drug-likeness (QED) is 0.549. The third-order valence-electron chi connectivity index (χ3n) is 2.42. The standard InChI is InChI=1S/C9H21NO4S/c1-3-5-6-15(13,14)10-9(4-2,7-11)8-12/h10-12H,3-8H2,1-2H3. The average Bonchev–Trinajstić information content (AvgIpc) is 2.23. The molecule has 0 radical (unpaired) electrons. The first kappa shape index (κ1) is 14.8. The molecule has 0 saturated heterocycles. The highest BCUT2D eigenvalue weighted by atomic mass is 32.2. The monoisotopic (exact) mass is 239 g/mol. The Kier molecular flexibility index (Phi) is 6.35. The Balaban J connectivity index is 4.52. The van der Waals surface area contributed by atoms with E-state index in [4.69, 9.17) is 10.2 Å². The molecule has 0 atom stereocenters. The van der Waals surface area contributed by atoms with Gasteiger partial charge in [0.05, 0.1) is 24.5 Å². The number of unbranched alkanes of at least 4 members (excludes halogenated alkanes) is 1. The predicted molar refractivity (Wildman–Crippen MR) is 59.0 cm³/mol. The van der Waals surface area contributed by atoms with Crippen LogP contribution in [0.25, 0.3) is 0 Å². The molecule has 0 saturated carbocycles. The van der Waals surface area contributed by atoms with Crippen molar-refractivity contribution in [1.82, 2.24) is 4.72 Å². The maximum atomic E-state index is 11.5. The van der Waals surface area contributed by atoms with Gasteiger partial charge < -0.3 is 10.2 Å². The van der Waals surface area contributed by atoms with Crippen LogP contribution in [-0.2, 0) is 10.0 Å². The minimum Gasteiger partial charge on any atom is -0.394 e. The molecule has 0 aliphatic carbocycles. The molecule has 0 heterocycles. The zero-order chi connectivity index (χ0) is 11.9. The molecule has 0 aromatic heterocycles. The van der Waals surface area contributed by atoms with Crippen molar-refractivity contribution >= 4 is 10.0 Å². The van der Waals surface area contributed by atoms with Crippen LogP contribution in [0.1, 0.15) is 33.1 Å². The van der Waals surface area contributed by atoms with Crippen LogP contribution in [-0.4, -0.2) is 43.1 Å². The van der Waals surface area contributed by atoms with Gasteiger partial charge in [-0.2, -0.15) is 0 Å². The van der Waals surface area contributed by atoms with Crippen molar-refractivity contribution in [2.24, 2.45) is 0 Å². The Bertz CT molecular complexity index is 251. The lowest BCUT2D eigenvalue weighted by Crippen LogP contribution is -2.54. The number of rotatable bonds is 8. The second kappa shape index (κ2) is 6.42. The Labute approximate surface area is 91.6 Å². The molecule has 6 heteroatoms. The number of hydrogen-bond acceptors (Lipinski definition) is 4. The van der Waals surface area contributed by atoms with Gasteiger partial charge in [-0.25, -0.2) is 13.1 Å². The number of aliphatic hydroxyl groups is 2. The first-order chi connectivity index (χ1) is 6.95. The molecular formula is C9H21NO4S. The summed E-state index contributed by atoms with van der Waals surface area (Å²) in [6.45, 7) is 2.83. The van der Waals surface area contributed by atoms with Crippen LogP contribution in [0, 0.1) is 0 Å². The van der Waals surface area contributed by atoms with E-state index >= 15 is 0 Å². The van der Waals surface area contributed by atoms with Crippen molar-refractivity contribution in [2.75, 3.05) is 19.0 Å². The van der Waals surface area contributed by atoms with Crippen molar-refractivity contribution in [1.29, 1.82) is 0 Å². The SMILES string of the molecule is CCCCS(=O)(=O)NC(CC)(CO)CO. The van der Waals surface area contributed by atoms with Gasteiger partial charge in [0.1, 0.15) is 0 Å². The topological polar surface area (TPSA) is 86.6 Å². The maximum Gasteiger partial charge on any atom is 0.212 e. The van der Waals surface area contributed by atoms with Crippen LogP contribution in [0.15, 0.2) is 0 Å². The number of sulfonamides is 1. The number of nitrogens with one attached hydrogen (secondary N) is 1. The van der Waals surface area contributed by atoms with Gasteiger partial charge in [0.25, 0.3) is 0 Å². The summed E-state index contributed by atoms with van der Waals surface area (Å²) in [5.41, 5.74) is -1.12. The smallest absolute Gasteiger partial charge is 0.212 e. The highest BCUT2D eigenvalue weighted by Crippen LogP contribution is 2.11. The van der Waals surface area contributed by atoms with E-state index in [1.165, 1.54) is 0 Å². The summed E-state index contributed by atoms with van der Waals surface area (Å²) in [5, 5.41) is 18.2. The lowest BCUT2D eigenvalue weighted by atomic mass is 10.0. The van der Waals surface area contributed by atoms with Crippen LogP contribution in [0.2, 0.25) is 0 Å². The summed E-state index contributed by atoms with van der Waals surface area (Å²) in [6.07, 6.45) is 1.72. The van der Waals surface area contributed by atoms with E-state index in [9.17, 15) is 8.42 Å². The number of aliphatic hydroxyl groups excluding tert-OH is 2. The van der Waals surface area contributed by atoms with E-state index in [0.717, 1.165) is 6.42 Å². The Morgan fingerprint density at radius 3 is 2.07 bits per heavy atom. The van der Waals surface area contributed by atoms with Crippen molar-refractivity contribution in [2.45, 2.75) is 38.6 Å². The van der Waals surface area contributed by atoms with Crippen molar-refractivity contribution in [3.63, 3.8) is 0 Å². The molecule has 0 aliphatic heterocycles. The molecule has 5 nitrogen and oxygen atoms in total. The van der Waals surface area contributed by atoms with Gasteiger partial charge in [0.2, 0.25) is 10.0 Å². The molecule has 0 spiro atoms. The van der Waals surface area contributed by atoms with Crippen molar-refractivity contribution in [3.8, 4) is 0 Å². The molecule has 0 unspecified atom stereocenters. The van der Waals surface area contributed by atoms with E-state index in [1.807, 2.05) is 6.92 Å². The van der Waals surface area contributed by atoms with Crippen molar-refractivity contribution < 1.29 is 18.6 Å². The van der Waals surface area contributed by atoms with Crippen LogP contribution in [0.4, 0.5) is 0 Å². The summed E-state index contributed by atoms with van der Waals surface area (Å²) in [5.74, 6) is 0.0330. The van der Waals surface area contributed by atoms with Crippen LogP contribution in [0.5, 0.6) is 0 Å². The Morgan fingerprint density at radius 1 is 1.20 bits per heavy atom. The summed E-state index contributed by atoms with van der Waals surface area (Å²) in [4.78, 5) is 0.